The van der Waals surface area contributed by atoms with E-state index in [2.05, 4.69) is 16.6 Å². The third-order valence-electron chi connectivity index (χ3n) is 1.89. The summed E-state index contributed by atoms with van der Waals surface area (Å²) in [7, 11) is 1.18. The van der Waals surface area contributed by atoms with Gasteiger partial charge in [0.2, 0.25) is 11.6 Å². The minimum Gasteiger partial charge on any atom is -0.468 e. The summed E-state index contributed by atoms with van der Waals surface area (Å²) < 4.78 is 30.7. The molecule has 0 aliphatic heterocycles. The van der Waals surface area contributed by atoms with Gasteiger partial charge >= 0.3 is 11.7 Å². The van der Waals surface area contributed by atoms with Crippen LogP contribution in [0.3, 0.4) is 0 Å². The Balaban J connectivity index is 3.00. The van der Waals surface area contributed by atoms with E-state index in [1.165, 1.54) is 7.11 Å². The Bertz CT molecular complexity index is 537. The van der Waals surface area contributed by atoms with E-state index in [0.717, 1.165) is 12.1 Å². The van der Waals surface area contributed by atoms with Crippen molar-refractivity contribution in [2.24, 2.45) is 0 Å². The van der Waals surface area contributed by atoms with Crippen LogP contribution in [0.25, 0.3) is 0 Å². The van der Waals surface area contributed by atoms with E-state index in [-0.39, 0.29) is 12.0 Å². The number of hydrogen-bond acceptors (Lipinski definition) is 4. The lowest BCUT2D eigenvalue weighted by molar-refractivity contribution is -0.390. The van der Waals surface area contributed by atoms with Crippen LogP contribution in [-0.4, -0.2) is 18.0 Å². The van der Waals surface area contributed by atoms with Gasteiger partial charge in [-0.15, -0.1) is 0 Å². The van der Waals surface area contributed by atoms with Crippen molar-refractivity contribution in [3.8, 4) is 11.8 Å². The molecule has 0 bridgehead atoms. The molecule has 0 unspecified atom stereocenters. The summed E-state index contributed by atoms with van der Waals surface area (Å²) in [4.78, 5) is 19.9. The van der Waals surface area contributed by atoms with Crippen LogP contribution in [0.1, 0.15) is 12.0 Å². The molecule has 0 saturated heterocycles. The highest BCUT2D eigenvalue weighted by Gasteiger charge is 2.21. The second kappa shape index (κ2) is 5.72. The van der Waals surface area contributed by atoms with Gasteiger partial charge in [0.15, 0.2) is 0 Å². The topological polar surface area (TPSA) is 69.4 Å². The zero-order valence-electron chi connectivity index (χ0n) is 9.20. The highest BCUT2D eigenvalue weighted by Crippen LogP contribution is 2.22. The van der Waals surface area contributed by atoms with Gasteiger partial charge in [-0.2, -0.15) is 8.78 Å². The maximum Gasteiger partial charge on any atom is 0.340 e. The van der Waals surface area contributed by atoms with Gasteiger partial charge in [-0.1, -0.05) is 11.8 Å². The molecule has 0 spiro atoms. The standard InChI is InChI=1S/C11H7F2NO4/c1-18-10(15)4-2-3-7-5-8(12)11(14(16)17)9(13)6-7/h5-6H,4H2,1H3. The lowest BCUT2D eigenvalue weighted by Crippen LogP contribution is -1.98. The van der Waals surface area contributed by atoms with E-state index in [1.807, 2.05) is 0 Å². The summed E-state index contributed by atoms with van der Waals surface area (Å²) >= 11 is 0. The number of esters is 1. The van der Waals surface area contributed by atoms with Gasteiger partial charge in [0.1, 0.15) is 6.42 Å². The molecule has 1 aromatic carbocycles. The molecule has 0 atom stereocenters. The number of ether oxygens (including phenoxy) is 1. The first-order chi connectivity index (χ1) is 8.45. The van der Waals surface area contributed by atoms with Crippen LogP contribution in [0.2, 0.25) is 0 Å². The highest BCUT2D eigenvalue weighted by molar-refractivity contribution is 5.72. The summed E-state index contributed by atoms with van der Waals surface area (Å²) in [6.45, 7) is 0. The zero-order chi connectivity index (χ0) is 13.7. The molecule has 0 fully saturated rings. The van der Waals surface area contributed by atoms with Gasteiger partial charge in [0.05, 0.1) is 12.0 Å². The Hall–Kier alpha value is -2.49. The van der Waals surface area contributed by atoms with Gasteiger partial charge < -0.3 is 4.74 Å². The van der Waals surface area contributed by atoms with Crippen LogP contribution in [-0.2, 0) is 9.53 Å². The minimum absolute atomic E-state index is 0.0977. The van der Waals surface area contributed by atoms with E-state index >= 15 is 0 Å². The molecule has 94 valence electrons. The number of carbonyl (C=O) groups is 1. The largest absolute Gasteiger partial charge is 0.468 e. The van der Waals surface area contributed by atoms with Crippen LogP contribution in [0.5, 0.6) is 0 Å². The molecule has 0 aliphatic rings. The van der Waals surface area contributed by atoms with Crippen LogP contribution in [0, 0.1) is 33.6 Å². The lowest BCUT2D eigenvalue weighted by Gasteiger charge is -1.97. The number of rotatable bonds is 2. The van der Waals surface area contributed by atoms with Crippen molar-refractivity contribution in [1.82, 2.24) is 0 Å². The fraction of sp³-hybridized carbons (Fsp3) is 0.182. The Kier molecular flexibility index (Phi) is 4.32. The summed E-state index contributed by atoms with van der Waals surface area (Å²) in [5.74, 6) is 1.41. The number of halogens is 2. The third-order valence-corrected chi connectivity index (χ3v) is 1.89. The van der Waals surface area contributed by atoms with Crippen LogP contribution >= 0.6 is 0 Å². The molecule has 0 aliphatic carbocycles. The molecule has 7 heteroatoms. The first-order valence-corrected chi connectivity index (χ1v) is 4.65. The SMILES string of the molecule is COC(=O)CC#Cc1cc(F)c([N+](=O)[O-])c(F)c1. The smallest absolute Gasteiger partial charge is 0.340 e. The monoisotopic (exact) mass is 255 g/mol. The number of carbonyl (C=O) groups excluding carboxylic acids is 1. The molecular formula is C11H7F2NO4. The van der Waals surface area contributed by atoms with E-state index in [9.17, 15) is 23.7 Å². The molecule has 5 nitrogen and oxygen atoms in total. The molecular weight excluding hydrogens is 248 g/mol. The number of nitro benzene ring substituents is 1. The summed E-state index contributed by atoms with van der Waals surface area (Å²) in [6, 6.07) is 1.46. The fourth-order valence-corrected chi connectivity index (χ4v) is 1.10. The number of nitrogens with zero attached hydrogens (tertiary/aromatic N) is 1. The Morgan fingerprint density at radius 1 is 1.44 bits per heavy atom. The van der Waals surface area contributed by atoms with Gasteiger partial charge in [-0.25, -0.2) is 0 Å². The van der Waals surface area contributed by atoms with E-state index in [4.69, 9.17) is 0 Å². The third kappa shape index (κ3) is 3.25. The average molecular weight is 255 g/mol. The Labute approximate surface area is 101 Å². The summed E-state index contributed by atoms with van der Waals surface area (Å²) in [5, 5.41) is 10.3. The van der Waals surface area contributed by atoms with E-state index < -0.39 is 28.2 Å². The van der Waals surface area contributed by atoms with Gasteiger partial charge in [-0.05, 0) is 12.1 Å². The van der Waals surface area contributed by atoms with Gasteiger partial charge in [-0.3, -0.25) is 14.9 Å². The maximum absolute atomic E-state index is 13.2. The first kappa shape index (κ1) is 13.6. The second-order valence-electron chi connectivity index (χ2n) is 3.10. The maximum atomic E-state index is 13.2. The van der Waals surface area contributed by atoms with Crippen molar-refractivity contribution >= 4 is 11.7 Å². The minimum atomic E-state index is -1.32. The number of hydrogen-bond donors (Lipinski definition) is 0. The molecule has 0 N–H and O–H groups in total. The van der Waals surface area contributed by atoms with E-state index in [1.54, 1.807) is 0 Å². The van der Waals surface area contributed by atoms with Crippen molar-refractivity contribution in [1.29, 1.82) is 0 Å². The Morgan fingerprint density at radius 2 is 2.00 bits per heavy atom. The molecule has 1 aromatic rings. The van der Waals surface area contributed by atoms with Gasteiger partial charge in [0.25, 0.3) is 0 Å². The van der Waals surface area contributed by atoms with Crippen LogP contribution in [0.4, 0.5) is 14.5 Å². The fourth-order valence-electron chi connectivity index (χ4n) is 1.10. The van der Waals surface area contributed by atoms with Crippen molar-refractivity contribution < 1.29 is 23.2 Å². The van der Waals surface area contributed by atoms with Gasteiger partial charge in [0, 0.05) is 5.56 Å². The van der Waals surface area contributed by atoms with Crippen LogP contribution in [0.15, 0.2) is 12.1 Å². The first-order valence-electron chi connectivity index (χ1n) is 4.65. The number of methoxy groups -OCH3 is 1. The van der Waals surface area contributed by atoms with Crippen LogP contribution < -0.4 is 0 Å². The van der Waals surface area contributed by atoms with E-state index in [0.29, 0.717) is 0 Å². The van der Waals surface area contributed by atoms with Crippen molar-refractivity contribution in [2.45, 2.75) is 6.42 Å². The number of nitro groups is 1. The van der Waals surface area contributed by atoms with Crippen molar-refractivity contribution in [3.63, 3.8) is 0 Å². The lowest BCUT2D eigenvalue weighted by atomic mass is 10.2. The predicted octanol–water partition coefficient (Wildman–Crippen LogP) is 1.79. The molecule has 18 heavy (non-hydrogen) atoms. The second-order valence-corrected chi connectivity index (χ2v) is 3.10. The summed E-state index contributed by atoms with van der Waals surface area (Å²) in [6.07, 6.45) is -0.239. The normalized spacial score (nSPS) is 9.28. The Morgan fingerprint density at radius 3 is 2.44 bits per heavy atom. The molecule has 1 rings (SSSR count). The quantitative estimate of drug-likeness (QED) is 0.349. The zero-order valence-corrected chi connectivity index (χ0v) is 9.20. The molecule has 0 radical (unpaired) electrons. The van der Waals surface area contributed by atoms with Crippen molar-refractivity contribution in [2.75, 3.05) is 7.11 Å². The predicted molar refractivity (Wildman–Crippen MR) is 56.5 cm³/mol. The summed E-state index contributed by atoms with van der Waals surface area (Å²) in [5.41, 5.74) is -1.33. The number of benzene rings is 1. The van der Waals surface area contributed by atoms with Crippen molar-refractivity contribution in [3.05, 3.63) is 39.4 Å². The molecule has 0 aromatic heterocycles. The molecule has 0 saturated carbocycles. The molecule has 0 heterocycles. The molecule has 0 amide bonds. The highest BCUT2D eigenvalue weighted by atomic mass is 19.1. The average Bonchev–Trinajstić information content (AvgIpc) is 2.27.